The molecule has 7 nitrogen and oxygen atoms in total. The summed E-state index contributed by atoms with van der Waals surface area (Å²) in [5.41, 5.74) is 8.14. The van der Waals surface area contributed by atoms with Gasteiger partial charge in [0.15, 0.2) is 0 Å². The largest absolute Gasteiger partial charge is 0.524 e. The Hall–Kier alpha value is -0.0100. The number of hydrogen-bond donors (Lipinski definition) is 3. The molecule has 0 bridgehead atoms. The summed E-state index contributed by atoms with van der Waals surface area (Å²) in [5, 5.41) is 0. The molecule has 0 atom stereocenters. The molecule has 3 N–H and O–H groups in total. The zero-order valence-electron chi connectivity index (χ0n) is 17.2. The molecule has 0 aliphatic carbocycles. The summed E-state index contributed by atoms with van der Waals surface area (Å²) >= 11 is 0. The molecule has 0 radical (unpaired) electrons. The molecule has 0 aromatic carbocycles. The summed E-state index contributed by atoms with van der Waals surface area (Å²) in [6.07, 6.45) is 13.3. The minimum atomic E-state index is -3.72. The van der Waals surface area contributed by atoms with Crippen LogP contribution in [0.3, 0.4) is 0 Å². The van der Waals surface area contributed by atoms with Crippen molar-refractivity contribution in [2.75, 3.05) is 19.6 Å². The molecule has 0 unspecified atom stereocenters. The highest BCUT2D eigenvalue weighted by molar-refractivity contribution is 7.48. The molecular formula is C18H42N3O4P. The third-order valence-electron chi connectivity index (χ3n) is 3.93. The van der Waals surface area contributed by atoms with Crippen LogP contribution in [0.15, 0.2) is 0 Å². The minimum absolute atomic E-state index is 0.615. The van der Waals surface area contributed by atoms with Crippen LogP contribution in [0.25, 0.3) is 0 Å². The monoisotopic (exact) mass is 395 g/mol. The van der Waals surface area contributed by atoms with E-state index < -0.39 is 7.82 Å². The van der Waals surface area contributed by atoms with E-state index in [0.717, 1.165) is 38.5 Å². The smallest absolute Gasteiger partial charge is 0.223 e. The first-order valence-electron chi connectivity index (χ1n) is 10.5. The molecule has 0 amide bonds. The van der Waals surface area contributed by atoms with Gasteiger partial charge in [0.2, 0.25) is 0 Å². The van der Waals surface area contributed by atoms with E-state index in [1.807, 2.05) is 0 Å². The summed E-state index contributed by atoms with van der Waals surface area (Å²) < 4.78 is 28.2. The number of phosphoric acid groups is 1. The maximum Gasteiger partial charge on any atom is 0.524 e. The van der Waals surface area contributed by atoms with Gasteiger partial charge in [-0.05, 0) is 19.3 Å². The molecule has 26 heavy (non-hydrogen) atoms. The molecule has 0 aromatic rings. The van der Waals surface area contributed by atoms with Crippen LogP contribution in [0.4, 0.5) is 0 Å². The zero-order chi connectivity index (χ0) is 19.3. The van der Waals surface area contributed by atoms with E-state index >= 15 is 0 Å². The second-order valence-corrected chi connectivity index (χ2v) is 8.03. The zero-order valence-corrected chi connectivity index (χ0v) is 18.1. The maximum atomic E-state index is 12.6. The van der Waals surface area contributed by atoms with Crippen molar-refractivity contribution in [1.82, 2.24) is 16.4 Å². The first-order chi connectivity index (χ1) is 12.7. The van der Waals surface area contributed by atoms with E-state index in [2.05, 4.69) is 37.2 Å². The number of nitrogens with one attached hydrogen (secondary N) is 3. The molecule has 0 aliphatic heterocycles. The first kappa shape index (κ1) is 26.0. The summed E-state index contributed by atoms with van der Waals surface area (Å²) in [4.78, 5) is 0. The van der Waals surface area contributed by atoms with Crippen LogP contribution in [-0.2, 0) is 18.4 Å². The van der Waals surface area contributed by atoms with Crippen LogP contribution >= 0.6 is 7.82 Å². The fraction of sp³-hybridized carbons (Fsp3) is 1.00. The fourth-order valence-corrected chi connectivity index (χ4v) is 3.16. The van der Waals surface area contributed by atoms with Crippen LogP contribution in [0.5, 0.6) is 0 Å². The average Bonchev–Trinajstić information content (AvgIpc) is 2.64. The number of hydrogen-bond acceptors (Lipinski definition) is 7. The van der Waals surface area contributed by atoms with E-state index in [9.17, 15) is 4.57 Å². The van der Waals surface area contributed by atoms with E-state index in [0.29, 0.717) is 19.6 Å². The van der Waals surface area contributed by atoms with Gasteiger partial charge >= 0.3 is 7.82 Å². The quantitative estimate of drug-likeness (QED) is 0.136. The van der Waals surface area contributed by atoms with E-state index in [-0.39, 0.29) is 0 Å². The summed E-state index contributed by atoms with van der Waals surface area (Å²) in [7, 11) is -3.72. The SMILES string of the molecule is CCCCCCNOP(=O)(ONCCCCCC)ONCCCCCC. The lowest BCUT2D eigenvalue weighted by Crippen LogP contribution is -2.25. The van der Waals surface area contributed by atoms with Crippen molar-refractivity contribution < 1.29 is 18.4 Å². The summed E-state index contributed by atoms with van der Waals surface area (Å²) in [5.74, 6) is 0. The molecule has 0 saturated heterocycles. The second-order valence-electron chi connectivity index (χ2n) is 6.59. The Bertz CT molecular complexity index is 288. The predicted octanol–water partition coefficient (Wildman–Crippen LogP) is 5.40. The highest BCUT2D eigenvalue weighted by Crippen LogP contribution is 2.46. The second kappa shape index (κ2) is 19.7. The van der Waals surface area contributed by atoms with Crippen LogP contribution in [-0.4, -0.2) is 19.6 Å². The van der Waals surface area contributed by atoms with Gasteiger partial charge in [0.1, 0.15) is 0 Å². The lowest BCUT2D eigenvalue weighted by Gasteiger charge is -2.18. The molecule has 0 aliphatic rings. The van der Waals surface area contributed by atoms with Gasteiger partial charge in [-0.2, -0.15) is 30.3 Å². The van der Waals surface area contributed by atoms with Gasteiger partial charge in [0.05, 0.1) is 0 Å². The van der Waals surface area contributed by atoms with Crippen molar-refractivity contribution in [2.24, 2.45) is 0 Å². The van der Waals surface area contributed by atoms with Crippen molar-refractivity contribution >= 4 is 7.82 Å². The standard InChI is InChI=1S/C18H42N3O4P/c1-4-7-10-13-16-19-23-26(22,24-20-17-14-11-8-5-2)25-21-18-15-12-9-6-3/h19-21H,4-18H2,1-3H3. The topological polar surface area (TPSA) is 80.9 Å². The molecule has 0 saturated carbocycles. The summed E-state index contributed by atoms with van der Waals surface area (Å²) in [6, 6.07) is 0. The molecule has 0 rings (SSSR count). The third-order valence-corrected chi connectivity index (χ3v) is 4.98. The predicted molar refractivity (Wildman–Crippen MR) is 107 cm³/mol. The highest BCUT2D eigenvalue weighted by Gasteiger charge is 2.28. The minimum Gasteiger partial charge on any atom is -0.223 e. The number of hydroxylamine groups is 3. The molecule has 0 fully saturated rings. The fourth-order valence-electron chi connectivity index (χ4n) is 2.30. The first-order valence-corrected chi connectivity index (χ1v) is 12.0. The Kier molecular flexibility index (Phi) is 19.7. The van der Waals surface area contributed by atoms with Gasteiger partial charge in [0, 0.05) is 19.6 Å². The van der Waals surface area contributed by atoms with Crippen LogP contribution in [0.1, 0.15) is 97.8 Å². The molecule has 0 heterocycles. The van der Waals surface area contributed by atoms with E-state index in [4.69, 9.17) is 13.9 Å². The molecule has 0 spiro atoms. The number of unbranched alkanes of at least 4 members (excludes halogenated alkanes) is 9. The number of rotatable bonds is 21. The average molecular weight is 396 g/mol. The lowest BCUT2D eigenvalue weighted by molar-refractivity contribution is 0.0153. The van der Waals surface area contributed by atoms with Crippen LogP contribution < -0.4 is 16.4 Å². The van der Waals surface area contributed by atoms with E-state index in [1.165, 1.54) is 38.5 Å². The van der Waals surface area contributed by atoms with Gasteiger partial charge in [-0.1, -0.05) is 78.6 Å². The summed E-state index contributed by atoms with van der Waals surface area (Å²) in [6.45, 7) is 8.34. The van der Waals surface area contributed by atoms with Crippen LogP contribution in [0, 0.1) is 0 Å². The molecule has 8 heteroatoms. The van der Waals surface area contributed by atoms with Gasteiger partial charge < -0.3 is 0 Å². The molecule has 158 valence electrons. The Labute approximate surface area is 160 Å². The third kappa shape index (κ3) is 17.4. The van der Waals surface area contributed by atoms with Crippen molar-refractivity contribution in [3.63, 3.8) is 0 Å². The normalized spacial score (nSPS) is 12.0. The highest BCUT2D eigenvalue weighted by atomic mass is 31.2. The van der Waals surface area contributed by atoms with Crippen molar-refractivity contribution in [1.29, 1.82) is 0 Å². The Balaban J connectivity index is 4.04. The Morgan fingerprint density at radius 1 is 0.538 bits per heavy atom. The van der Waals surface area contributed by atoms with Gasteiger partial charge in [-0.25, -0.2) is 4.57 Å². The molecule has 0 aromatic heterocycles. The van der Waals surface area contributed by atoms with E-state index in [1.54, 1.807) is 0 Å². The van der Waals surface area contributed by atoms with Gasteiger partial charge in [-0.3, -0.25) is 0 Å². The van der Waals surface area contributed by atoms with Crippen LogP contribution in [0.2, 0.25) is 0 Å². The van der Waals surface area contributed by atoms with Crippen molar-refractivity contribution in [3.8, 4) is 0 Å². The lowest BCUT2D eigenvalue weighted by atomic mass is 10.2. The van der Waals surface area contributed by atoms with Gasteiger partial charge in [0.25, 0.3) is 0 Å². The molecular weight excluding hydrogens is 353 g/mol. The Morgan fingerprint density at radius 2 is 0.846 bits per heavy atom. The maximum absolute atomic E-state index is 12.6. The van der Waals surface area contributed by atoms with Crippen molar-refractivity contribution in [2.45, 2.75) is 97.8 Å². The van der Waals surface area contributed by atoms with Gasteiger partial charge in [-0.15, -0.1) is 0 Å². The Morgan fingerprint density at radius 3 is 1.12 bits per heavy atom. The van der Waals surface area contributed by atoms with Crippen molar-refractivity contribution in [3.05, 3.63) is 0 Å².